The summed E-state index contributed by atoms with van der Waals surface area (Å²) in [6.07, 6.45) is 1.81. The van der Waals surface area contributed by atoms with Crippen LogP contribution in [0.15, 0.2) is 53.3 Å². The number of carbonyl (C=O) groups is 1. The Morgan fingerprint density at radius 3 is 2.62 bits per heavy atom. The zero-order chi connectivity index (χ0) is 27.4. The molecule has 0 bridgehead atoms. The Balaban J connectivity index is 1.37. The summed E-state index contributed by atoms with van der Waals surface area (Å²) in [6.45, 7) is 3.11. The Labute approximate surface area is 221 Å². The summed E-state index contributed by atoms with van der Waals surface area (Å²) in [6, 6.07) is 7.83. The molecule has 0 atom stereocenters. The first-order valence-corrected chi connectivity index (χ1v) is 11.9. The summed E-state index contributed by atoms with van der Waals surface area (Å²) < 4.78 is 56.4. The molecule has 0 saturated carbocycles. The number of anilines is 2. The van der Waals surface area contributed by atoms with Gasteiger partial charge in [-0.15, -0.1) is 10.2 Å². The zero-order valence-electron chi connectivity index (χ0n) is 20.8. The standard InChI is InChI=1S/C26H23F3N6O4/c1-34(14-18-3-2-16(12-31-18)25-32-33-26(39-25)24(28)29)22-10-21(27)20(9-23(22)38-15-36)17-8-19(13-30-11-17)35-4-6-37-7-5-35/h2-3,8-13,15,24H,4-7,14H2,1H3. The highest BCUT2D eigenvalue weighted by atomic mass is 19.3. The molecule has 202 valence electrons. The van der Waals surface area contributed by atoms with Crippen LogP contribution in [0.2, 0.25) is 0 Å². The maximum Gasteiger partial charge on any atom is 0.314 e. The van der Waals surface area contributed by atoms with Gasteiger partial charge in [0.25, 0.3) is 12.4 Å². The largest absolute Gasteiger partial charge is 0.427 e. The lowest BCUT2D eigenvalue weighted by Crippen LogP contribution is -2.36. The second-order valence-corrected chi connectivity index (χ2v) is 8.69. The zero-order valence-corrected chi connectivity index (χ0v) is 20.8. The lowest BCUT2D eigenvalue weighted by Gasteiger charge is -2.28. The minimum Gasteiger partial charge on any atom is -0.427 e. The number of aromatic nitrogens is 4. The van der Waals surface area contributed by atoms with Crippen molar-refractivity contribution in [2.75, 3.05) is 43.2 Å². The van der Waals surface area contributed by atoms with Gasteiger partial charge in [0.15, 0.2) is 5.75 Å². The van der Waals surface area contributed by atoms with Crippen molar-refractivity contribution in [3.63, 3.8) is 0 Å². The van der Waals surface area contributed by atoms with Crippen molar-refractivity contribution in [3.8, 4) is 28.3 Å². The van der Waals surface area contributed by atoms with Gasteiger partial charge in [0, 0.05) is 49.7 Å². The summed E-state index contributed by atoms with van der Waals surface area (Å²) in [4.78, 5) is 23.6. The molecule has 3 aromatic heterocycles. The van der Waals surface area contributed by atoms with E-state index in [0.717, 1.165) is 5.69 Å². The molecule has 0 radical (unpaired) electrons. The highest BCUT2D eigenvalue weighted by molar-refractivity contribution is 5.75. The summed E-state index contributed by atoms with van der Waals surface area (Å²) in [7, 11) is 1.69. The smallest absolute Gasteiger partial charge is 0.314 e. The predicted molar refractivity (Wildman–Crippen MR) is 134 cm³/mol. The quantitative estimate of drug-likeness (QED) is 0.286. The van der Waals surface area contributed by atoms with E-state index in [-0.39, 0.29) is 30.2 Å². The first-order valence-electron chi connectivity index (χ1n) is 11.9. The van der Waals surface area contributed by atoms with E-state index in [1.807, 2.05) is 6.07 Å². The third kappa shape index (κ3) is 5.82. The van der Waals surface area contributed by atoms with Crippen LogP contribution in [-0.4, -0.2) is 60.0 Å². The first kappa shape index (κ1) is 26.1. The van der Waals surface area contributed by atoms with Crippen LogP contribution in [0.25, 0.3) is 22.6 Å². The molecule has 0 unspecified atom stereocenters. The number of rotatable bonds is 9. The Bertz CT molecular complexity index is 1440. The maximum absolute atomic E-state index is 15.4. The van der Waals surface area contributed by atoms with E-state index < -0.39 is 18.1 Å². The molecule has 0 spiro atoms. The number of nitrogens with zero attached hydrogens (tertiary/aromatic N) is 6. The van der Waals surface area contributed by atoms with Gasteiger partial charge in [-0.1, -0.05) is 0 Å². The molecule has 10 nitrogen and oxygen atoms in total. The molecule has 1 aliphatic rings. The number of ether oxygens (including phenoxy) is 2. The predicted octanol–water partition coefficient (Wildman–Crippen LogP) is 4.28. The van der Waals surface area contributed by atoms with Crippen LogP contribution >= 0.6 is 0 Å². The summed E-state index contributed by atoms with van der Waals surface area (Å²) in [5, 5.41) is 6.91. The average Bonchev–Trinajstić information content (AvgIpc) is 3.46. The molecule has 0 N–H and O–H groups in total. The van der Waals surface area contributed by atoms with E-state index in [1.165, 1.54) is 18.3 Å². The van der Waals surface area contributed by atoms with Gasteiger partial charge in [-0.2, -0.15) is 8.78 Å². The van der Waals surface area contributed by atoms with Gasteiger partial charge >= 0.3 is 6.43 Å². The normalized spacial score (nSPS) is 13.5. The summed E-state index contributed by atoms with van der Waals surface area (Å²) in [5.74, 6) is -1.22. The van der Waals surface area contributed by atoms with Crippen LogP contribution in [-0.2, 0) is 16.1 Å². The lowest BCUT2D eigenvalue weighted by molar-refractivity contribution is -0.120. The molecule has 4 heterocycles. The Morgan fingerprint density at radius 2 is 1.92 bits per heavy atom. The third-order valence-corrected chi connectivity index (χ3v) is 6.14. The van der Waals surface area contributed by atoms with Crippen molar-refractivity contribution >= 4 is 17.8 Å². The maximum atomic E-state index is 15.4. The fourth-order valence-electron chi connectivity index (χ4n) is 4.19. The molecular weight excluding hydrogens is 517 g/mol. The summed E-state index contributed by atoms with van der Waals surface area (Å²) in [5.41, 5.74) is 2.87. The molecule has 13 heteroatoms. The second-order valence-electron chi connectivity index (χ2n) is 8.69. The topological polar surface area (TPSA) is 107 Å². The number of hydrogen-bond acceptors (Lipinski definition) is 10. The molecule has 39 heavy (non-hydrogen) atoms. The second kappa shape index (κ2) is 11.5. The van der Waals surface area contributed by atoms with E-state index in [2.05, 4.69) is 25.1 Å². The number of hydrogen-bond donors (Lipinski definition) is 0. The molecule has 1 fully saturated rings. The SMILES string of the molecule is CN(Cc1ccc(-c2nnc(C(F)F)o2)cn1)c1cc(F)c(-c2cncc(N3CCOCC3)c2)cc1OC=O. The van der Waals surface area contributed by atoms with E-state index in [0.29, 0.717) is 48.8 Å². The Kier molecular flexibility index (Phi) is 7.68. The van der Waals surface area contributed by atoms with Crippen LogP contribution in [0.4, 0.5) is 24.5 Å². The molecule has 1 aromatic carbocycles. The highest BCUT2D eigenvalue weighted by Gasteiger charge is 2.20. The highest BCUT2D eigenvalue weighted by Crippen LogP contribution is 2.36. The van der Waals surface area contributed by atoms with Crippen molar-refractivity contribution in [2.24, 2.45) is 0 Å². The van der Waals surface area contributed by atoms with Gasteiger partial charge in [0.2, 0.25) is 5.89 Å². The van der Waals surface area contributed by atoms with Gasteiger partial charge in [-0.3, -0.25) is 14.8 Å². The lowest BCUT2D eigenvalue weighted by atomic mass is 10.0. The van der Waals surface area contributed by atoms with Crippen molar-refractivity contribution in [1.82, 2.24) is 20.2 Å². The molecule has 5 rings (SSSR count). The number of benzene rings is 1. The van der Waals surface area contributed by atoms with E-state index >= 15 is 4.39 Å². The number of pyridine rings is 2. The number of morpholine rings is 1. The molecule has 0 aliphatic carbocycles. The van der Waals surface area contributed by atoms with Crippen molar-refractivity contribution in [2.45, 2.75) is 13.0 Å². The van der Waals surface area contributed by atoms with Crippen molar-refractivity contribution < 1.29 is 31.9 Å². The minimum absolute atomic E-state index is 0.0794. The Morgan fingerprint density at radius 1 is 1.10 bits per heavy atom. The Hall–Kier alpha value is -4.52. The van der Waals surface area contributed by atoms with Crippen LogP contribution in [0.1, 0.15) is 18.0 Å². The van der Waals surface area contributed by atoms with Crippen LogP contribution < -0.4 is 14.5 Å². The average molecular weight is 541 g/mol. The van der Waals surface area contributed by atoms with Crippen molar-refractivity contribution in [1.29, 1.82) is 0 Å². The molecular formula is C26H23F3N6O4. The first-order chi connectivity index (χ1) is 18.9. The summed E-state index contributed by atoms with van der Waals surface area (Å²) >= 11 is 0. The van der Waals surface area contributed by atoms with Gasteiger partial charge < -0.3 is 23.7 Å². The van der Waals surface area contributed by atoms with Gasteiger partial charge in [-0.25, -0.2) is 4.39 Å². The minimum atomic E-state index is -2.87. The number of alkyl halides is 2. The van der Waals surface area contributed by atoms with Crippen LogP contribution in [0.5, 0.6) is 5.75 Å². The fraction of sp³-hybridized carbons (Fsp3) is 0.269. The molecule has 1 aliphatic heterocycles. The van der Waals surface area contributed by atoms with Gasteiger partial charge in [0.05, 0.1) is 48.6 Å². The number of halogens is 3. The fourth-order valence-corrected chi connectivity index (χ4v) is 4.19. The molecule has 4 aromatic rings. The van der Waals surface area contributed by atoms with Crippen LogP contribution in [0, 0.1) is 5.82 Å². The molecule has 1 saturated heterocycles. The number of carbonyl (C=O) groups excluding carboxylic acids is 1. The van der Waals surface area contributed by atoms with E-state index in [9.17, 15) is 13.6 Å². The third-order valence-electron chi connectivity index (χ3n) is 6.14. The van der Waals surface area contributed by atoms with E-state index in [1.54, 1.807) is 36.5 Å². The van der Waals surface area contributed by atoms with Crippen molar-refractivity contribution in [3.05, 3.63) is 66.3 Å². The van der Waals surface area contributed by atoms with Gasteiger partial charge in [0.1, 0.15) is 5.82 Å². The van der Waals surface area contributed by atoms with Crippen LogP contribution in [0.3, 0.4) is 0 Å². The van der Waals surface area contributed by atoms with Gasteiger partial charge in [-0.05, 0) is 24.3 Å². The van der Waals surface area contributed by atoms with E-state index in [4.69, 9.17) is 13.9 Å². The monoisotopic (exact) mass is 540 g/mol. The molecule has 0 amide bonds.